The predicted octanol–water partition coefficient (Wildman–Crippen LogP) is 4.45. The maximum atomic E-state index is 12.8. The van der Waals surface area contributed by atoms with Crippen LogP contribution in [-0.4, -0.2) is 46.3 Å². The van der Waals surface area contributed by atoms with Gasteiger partial charge in [0, 0.05) is 61.1 Å². The topological polar surface area (TPSA) is 127 Å². The molecule has 1 fully saturated rings. The van der Waals surface area contributed by atoms with Crippen LogP contribution in [0.25, 0.3) is 22.4 Å². The molecule has 3 N–H and O–H groups in total. The Hall–Kier alpha value is -4.25. The molecule has 4 aromatic rings. The zero-order valence-corrected chi connectivity index (χ0v) is 24.4. The van der Waals surface area contributed by atoms with E-state index in [2.05, 4.69) is 21.0 Å². The Kier molecular flexibility index (Phi) is 8.86. The summed E-state index contributed by atoms with van der Waals surface area (Å²) >= 11 is 13.7. The first-order chi connectivity index (χ1) is 20.3. The molecule has 0 unspecified atom stereocenters. The third-order valence-electron chi connectivity index (χ3n) is 6.99. The van der Waals surface area contributed by atoms with Gasteiger partial charge in [0.15, 0.2) is 0 Å². The van der Waals surface area contributed by atoms with Gasteiger partial charge in [0.2, 0.25) is 11.8 Å². The third kappa shape index (κ3) is 6.15. The number of halogens is 2. The number of carbonyl (C=O) groups excluding carboxylic acids is 2. The highest BCUT2D eigenvalue weighted by molar-refractivity contribution is 6.39. The van der Waals surface area contributed by atoms with Crippen LogP contribution >= 0.6 is 23.2 Å². The monoisotopic (exact) mass is 606 g/mol. The van der Waals surface area contributed by atoms with Crippen molar-refractivity contribution in [2.45, 2.75) is 25.4 Å². The number of aromatic nitrogens is 3. The van der Waals surface area contributed by atoms with Crippen LogP contribution in [0.4, 0.5) is 5.69 Å². The van der Waals surface area contributed by atoms with E-state index in [9.17, 15) is 14.4 Å². The van der Waals surface area contributed by atoms with Crippen molar-refractivity contribution in [3.8, 4) is 28.3 Å². The SMILES string of the molecule is COc1nc(-c2cccc(-c3cccc(NC(=O)c4ccnn(C)c4=O)c3Cl)c2Cl)ccc1CNC[C@@H]1CCC(=O)N1. The van der Waals surface area contributed by atoms with Crippen LogP contribution in [0.3, 0.4) is 0 Å². The minimum atomic E-state index is -0.601. The molecule has 0 spiro atoms. The standard InChI is InChI=1S/C30H28Cl2N6O4/c1-38-30(41)22(13-14-34-38)28(40)36-24-8-4-6-20(27(24)32)19-5-3-7-21(26(19)31)23-11-9-17(29(37-23)42-2)15-33-16-18-10-12-25(39)35-18/h3-9,11,13-14,18,33H,10,12,15-16H2,1-2H3,(H,35,39)(H,36,40)/t18-/m0/s1. The van der Waals surface area contributed by atoms with E-state index in [4.69, 9.17) is 32.9 Å². The molecule has 2 aromatic heterocycles. The fourth-order valence-electron chi connectivity index (χ4n) is 4.78. The lowest BCUT2D eigenvalue weighted by molar-refractivity contribution is -0.119. The highest BCUT2D eigenvalue weighted by Crippen LogP contribution is 2.41. The Morgan fingerprint density at radius 1 is 1.05 bits per heavy atom. The van der Waals surface area contributed by atoms with Gasteiger partial charge in [-0.1, -0.05) is 59.6 Å². The number of methoxy groups -OCH3 is 1. The van der Waals surface area contributed by atoms with E-state index in [1.165, 1.54) is 19.3 Å². The van der Waals surface area contributed by atoms with Crippen molar-refractivity contribution in [3.63, 3.8) is 0 Å². The molecule has 3 heterocycles. The van der Waals surface area contributed by atoms with Gasteiger partial charge in [0.05, 0.1) is 28.5 Å². The van der Waals surface area contributed by atoms with Gasteiger partial charge in [-0.25, -0.2) is 9.67 Å². The van der Waals surface area contributed by atoms with E-state index in [0.717, 1.165) is 16.7 Å². The van der Waals surface area contributed by atoms with Crippen LogP contribution in [-0.2, 0) is 18.4 Å². The molecule has 0 saturated carbocycles. The van der Waals surface area contributed by atoms with Crippen molar-refractivity contribution in [2.75, 3.05) is 19.0 Å². The number of ether oxygens (including phenoxy) is 1. The number of rotatable bonds is 9. The third-order valence-corrected chi connectivity index (χ3v) is 7.80. The number of benzene rings is 2. The maximum Gasteiger partial charge on any atom is 0.279 e. The van der Waals surface area contributed by atoms with Gasteiger partial charge >= 0.3 is 0 Å². The number of nitrogens with one attached hydrogen (secondary N) is 3. The number of hydrogen-bond donors (Lipinski definition) is 3. The highest BCUT2D eigenvalue weighted by atomic mass is 35.5. The Morgan fingerprint density at radius 3 is 2.52 bits per heavy atom. The second kappa shape index (κ2) is 12.7. The van der Waals surface area contributed by atoms with Crippen molar-refractivity contribution in [2.24, 2.45) is 7.05 Å². The largest absolute Gasteiger partial charge is 0.481 e. The van der Waals surface area contributed by atoms with E-state index < -0.39 is 11.5 Å². The Bertz CT molecular complexity index is 1720. The summed E-state index contributed by atoms with van der Waals surface area (Å²) in [5, 5.41) is 13.5. The summed E-state index contributed by atoms with van der Waals surface area (Å²) in [5.74, 6) is -0.0583. The van der Waals surface area contributed by atoms with Gasteiger partial charge in [0.25, 0.3) is 11.5 Å². The van der Waals surface area contributed by atoms with Gasteiger partial charge < -0.3 is 20.7 Å². The van der Waals surface area contributed by atoms with Gasteiger partial charge in [0.1, 0.15) is 5.56 Å². The summed E-state index contributed by atoms with van der Waals surface area (Å²) in [6, 6.07) is 16.0. The van der Waals surface area contributed by atoms with Gasteiger partial charge in [-0.2, -0.15) is 5.10 Å². The van der Waals surface area contributed by atoms with Crippen molar-refractivity contribution >= 4 is 40.7 Å². The van der Waals surface area contributed by atoms with Crippen molar-refractivity contribution in [1.82, 2.24) is 25.4 Å². The summed E-state index contributed by atoms with van der Waals surface area (Å²) in [6.45, 7) is 1.18. The van der Waals surface area contributed by atoms with Crippen LogP contribution in [0, 0.1) is 0 Å². The summed E-state index contributed by atoms with van der Waals surface area (Å²) in [6.07, 6.45) is 2.75. The first kappa shape index (κ1) is 29.2. The number of anilines is 1. The average Bonchev–Trinajstić information content (AvgIpc) is 3.40. The first-order valence-electron chi connectivity index (χ1n) is 13.2. The molecule has 2 amide bonds. The molecule has 1 aliphatic heterocycles. The van der Waals surface area contributed by atoms with Crippen molar-refractivity contribution in [1.29, 1.82) is 0 Å². The lowest BCUT2D eigenvalue weighted by Gasteiger charge is -2.16. The lowest BCUT2D eigenvalue weighted by atomic mass is 10.00. The van der Waals surface area contributed by atoms with Gasteiger partial charge in [-0.3, -0.25) is 14.4 Å². The second-order valence-electron chi connectivity index (χ2n) is 9.76. The molecule has 10 nitrogen and oxygen atoms in total. The van der Waals surface area contributed by atoms with E-state index in [-0.39, 0.29) is 22.5 Å². The molecule has 42 heavy (non-hydrogen) atoms. The fourth-order valence-corrected chi connectivity index (χ4v) is 5.38. The molecule has 1 atom stereocenters. The first-order valence-corrected chi connectivity index (χ1v) is 14.0. The molecule has 0 aliphatic carbocycles. The summed E-state index contributed by atoms with van der Waals surface area (Å²) in [5.41, 5.74) is 3.13. The molecule has 5 rings (SSSR count). The zero-order valence-electron chi connectivity index (χ0n) is 22.9. The lowest BCUT2D eigenvalue weighted by Crippen LogP contribution is -2.35. The number of nitrogens with zero attached hydrogens (tertiary/aromatic N) is 3. The average molecular weight is 607 g/mol. The highest BCUT2D eigenvalue weighted by Gasteiger charge is 2.21. The number of amides is 2. The van der Waals surface area contributed by atoms with Crippen LogP contribution in [0.2, 0.25) is 10.0 Å². The predicted molar refractivity (Wildman–Crippen MR) is 162 cm³/mol. The minimum Gasteiger partial charge on any atom is -0.481 e. The molecule has 0 radical (unpaired) electrons. The number of pyridine rings is 1. The van der Waals surface area contributed by atoms with Crippen LogP contribution < -0.4 is 26.2 Å². The Morgan fingerprint density at radius 2 is 1.79 bits per heavy atom. The molecule has 12 heteroatoms. The van der Waals surface area contributed by atoms with E-state index in [1.807, 2.05) is 30.3 Å². The van der Waals surface area contributed by atoms with E-state index in [0.29, 0.717) is 58.5 Å². The van der Waals surface area contributed by atoms with E-state index in [1.54, 1.807) is 25.3 Å². The van der Waals surface area contributed by atoms with Gasteiger partial charge in [-0.05, 0) is 24.6 Å². The number of aryl methyl sites for hydroxylation is 1. The smallest absolute Gasteiger partial charge is 0.279 e. The summed E-state index contributed by atoms with van der Waals surface area (Å²) < 4.78 is 6.66. The van der Waals surface area contributed by atoms with E-state index >= 15 is 0 Å². The van der Waals surface area contributed by atoms with Crippen LogP contribution in [0.1, 0.15) is 28.8 Å². The van der Waals surface area contributed by atoms with Crippen molar-refractivity contribution < 1.29 is 14.3 Å². The van der Waals surface area contributed by atoms with Crippen molar-refractivity contribution in [3.05, 3.63) is 92.3 Å². The zero-order chi connectivity index (χ0) is 29.8. The normalized spacial score (nSPS) is 14.5. The molecule has 0 bridgehead atoms. The number of hydrogen-bond acceptors (Lipinski definition) is 7. The van der Waals surface area contributed by atoms with Crippen LogP contribution in [0.15, 0.2) is 65.6 Å². The second-order valence-corrected chi connectivity index (χ2v) is 10.5. The quantitative estimate of drug-likeness (QED) is 0.257. The molecular formula is C30H28Cl2N6O4. The Labute approximate surface area is 252 Å². The molecule has 1 saturated heterocycles. The molecule has 1 aliphatic rings. The maximum absolute atomic E-state index is 12.8. The van der Waals surface area contributed by atoms with Gasteiger partial charge in [-0.15, -0.1) is 0 Å². The molecular weight excluding hydrogens is 579 g/mol. The summed E-state index contributed by atoms with van der Waals surface area (Å²) in [7, 11) is 3.03. The summed E-state index contributed by atoms with van der Waals surface area (Å²) in [4.78, 5) is 41.3. The molecule has 2 aromatic carbocycles. The fraction of sp³-hybridized carbons (Fsp3) is 0.233. The Balaban J connectivity index is 1.38. The minimum absolute atomic E-state index is 0.0574. The van der Waals surface area contributed by atoms with Crippen LogP contribution in [0.5, 0.6) is 5.88 Å². The number of carbonyl (C=O) groups is 2. The molecule has 216 valence electrons.